The Kier molecular flexibility index (Phi) is 3.97. The molecule has 1 aromatic rings. The highest BCUT2D eigenvalue weighted by Crippen LogP contribution is 2.24. The van der Waals surface area contributed by atoms with E-state index in [1.807, 2.05) is 32.9 Å². The van der Waals surface area contributed by atoms with Gasteiger partial charge in [-0.25, -0.2) is 0 Å². The van der Waals surface area contributed by atoms with Crippen LogP contribution in [0.5, 0.6) is 5.75 Å². The minimum atomic E-state index is 0.0993. The summed E-state index contributed by atoms with van der Waals surface area (Å²) >= 11 is 0. The highest BCUT2D eigenvalue weighted by molar-refractivity contribution is 5.53. The predicted molar refractivity (Wildman–Crippen MR) is 62.3 cm³/mol. The van der Waals surface area contributed by atoms with Gasteiger partial charge in [-0.05, 0) is 44.0 Å². The first-order valence-corrected chi connectivity index (χ1v) is 5.07. The Morgan fingerprint density at radius 3 is 2.53 bits per heavy atom. The molecule has 3 nitrogen and oxygen atoms in total. The molecule has 0 aliphatic rings. The molecule has 0 aromatic heterocycles. The number of nitrogen functional groups attached to an aromatic ring is 1. The Morgan fingerprint density at radius 2 is 1.93 bits per heavy atom. The topological polar surface area (TPSA) is 44.5 Å². The Balaban J connectivity index is 2.73. The van der Waals surface area contributed by atoms with E-state index in [2.05, 4.69) is 0 Å². The van der Waals surface area contributed by atoms with Crippen molar-refractivity contribution < 1.29 is 9.47 Å². The maximum absolute atomic E-state index is 5.79. The number of benzene rings is 1. The van der Waals surface area contributed by atoms with Gasteiger partial charge in [-0.15, -0.1) is 0 Å². The fraction of sp³-hybridized carbons (Fsp3) is 0.500. The summed E-state index contributed by atoms with van der Waals surface area (Å²) in [5.41, 5.74) is 8.70. The van der Waals surface area contributed by atoms with Gasteiger partial charge in [0.1, 0.15) is 12.4 Å². The summed E-state index contributed by atoms with van der Waals surface area (Å²) in [4.78, 5) is 0. The SMILES string of the molecule is COC(C)COc1cc(C)c(N)cc1C. The lowest BCUT2D eigenvalue weighted by molar-refractivity contribution is 0.0714. The number of ether oxygens (including phenoxy) is 2. The zero-order chi connectivity index (χ0) is 11.4. The van der Waals surface area contributed by atoms with E-state index in [-0.39, 0.29) is 6.10 Å². The van der Waals surface area contributed by atoms with Crippen molar-refractivity contribution in [3.63, 3.8) is 0 Å². The zero-order valence-corrected chi connectivity index (χ0v) is 9.83. The lowest BCUT2D eigenvalue weighted by atomic mass is 10.1. The minimum Gasteiger partial charge on any atom is -0.491 e. The largest absolute Gasteiger partial charge is 0.491 e. The van der Waals surface area contributed by atoms with E-state index in [1.54, 1.807) is 7.11 Å². The van der Waals surface area contributed by atoms with Crippen molar-refractivity contribution in [3.8, 4) is 5.75 Å². The first-order chi connectivity index (χ1) is 7.04. The van der Waals surface area contributed by atoms with Crippen molar-refractivity contribution in [3.05, 3.63) is 23.3 Å². The third kappa shape index (κ3) is 3.13. The van der Waals surface area contributed by atoms with Gasteiger partial charge in [-0.3, -0.25) is 0 Å². The van der Waals surface area contributed by atoms with E-state index < -0.39 is 0 Å². The second kappa shape index (κ2) is 5.03. The monoisotopic (exact) mass is 209 g/mol. The zero-order valence-electron chi connectivity index (χ0n) is 9.83. The summed E-state index contributed by atoms with van der Waals surface area (Å²) in [6, 6.07) is 3.90. The number of anilines is 1. The maximum Gasteiger partial charge on any atom is 0.122 e. The van der Waals surface area contributed by atoms with Gasteiger partial charge in [-0.2, -0.15) is 0 Å². The van der Waals surface area contributed by atoms with Gasteiger partial charge < -0.3 is 15.2 Å². The molecule has 0 saturated carbocycles. The van der Waals surface area contributed by atoms with Gasteiger partial charge in [-0.1, -0.05) is 0 Å². The van der Waals surface area contributed by atoms with Crippen molar-refractivity contribution in [2.45, 2.75) is 26.9 Å². The van der Waals surface area contributed by atoms with Crippen LogP contribution in [0.2, 0.25) is 0 Å². The van der Waals surface area contributed by atoms with Gasteiger partial charge in [0.2, 0.25) is 0 Å². The molecule has 0 spiro atoms. The molecular formula is C12H19NO2. The quantitative estimate of drug-likeness (QED) is 0.774. The highest BCUT2D eigenvalue weighted by Gasteiger charge is 2.05. The molecule has 1 rings (SSSR count). The van der Waals surface area contributed by atoms with Gasteiger partial charge in [0, 0.05) is 12.8 Å². The van der Waals surface area contributed by atoms with Gasteiger partial charge >= 0.3 is 0 Å². The van der Waals surface area contributed by atoms with Crippen LogP contribution in [-0.2, 0) is 4.74 Å². The number of hydrogen-bond donors (Lipinski definition) is 1. The van der Waals surface area contributed by atoms with Gasteiger partial charge in [0.15, 0.2) is 0 Å². The van der Waals surface area contributed by atoms with Crippen LogP contribution < -0.4 is 10.5 Å². The number of methoxy groups -OCH3 is 1. The fourth-order valence-electron chi connectivity index (χ4n) is 1.24. The van der Waals surface area contributed by atoms with Crippen LogP contribution in [0.25, 0.3) is 0 Å². The van der Waals surface area contributed by atoms with Crippen LogP contribution in [0.3, 0.4) is 0 Å². The molecule has 0 aliphatic carbocycles. The Hall–Kier alpha value is -1.22. The Bertz CT molecular complexity index is 337. The minimum absolute atomic E-state index is 0.0993. The second-order valence-corrected chi connectivity index (χ2v) is 3.83. The number of rotatable bonds is 4. The normalized spacial score (nSPS) is 12.5. The summed E-state index contributed by atoms with van der Waals surface area (Å²) < 4.78 is 10.8. The molecule has 0 fully saturated rings. The lowest BCUT2D eigenvalue weighted by Crippen LogP contribution is -2.16. The van der Waals surface area contributed by atoms with Crippen LogP contribution in [0.1, 0.15) is 18.1 Å². The molecule has 1 unspecified atom stereocenters. The van der Waals surface area contributed by atoms with Crippen molar-refractivity contribution in [2.75, 3.05) is 19.5 Å². The molecule has 0 amide bonds. The Morgan fingerprint density at radius 1 is 1.27 bits per heavy atom. The standard InChI is InChI=1S/C12H19NO2/c1-8-6-12(9(2)5-11(8)13)15-7-10(3)14-4/h5-6,10H,7,13H2,1-4H3. The van der Waals surface area contributed by atoms with Crippen LogP contribution in [0.15, 0.2) is 12.1 Å². The molecule has 0 heterocycles. The molecule has 0 radical (unpaired) electrons. The van der Waals surface area contributed by atoms with Gasteiger partial charge in [0.05, 0.1) is 6.10 Å². The summed E-state index contributed by atoms with van der Waals surface area (Å²) in [6.45, 7) is 6.49. The lowest BCUT2D eigenvalue weighted by Gasteiger charge is -2.14. The van der Waals surface area contributed by atoms with E-state index in [1.165, 1.54) is 0 Å². The molecule has 1 atom stereocenters. The van der Waals surface area contributed by atoms with Crippen molar-refractivity contribution in [2.24, 2.45) is 0 Å². The predicted octanol–water partition coefficient (Wildman–Crippen LogP) is 2.30. The van der Waals surface area contributed by atoms with Crippen molar-refractivity contribution in [1.82, 2.24) is 0 Å². The molecule has 3 heteroatoms. The third-order valence-electron chi connectivity index (χ3n) is 2.44. The summed E-state index contributed by atoms with van der Waals surface area (Å²) in [5, 5.41) is 0. The average Bonchev–Trinajstić information content (AvgIpc) is 2.21. The number of hydrogen-bond acceptors (Lipinski definition) is 3. The van der Waals surface area contributed by atoms with Crippen LogP contribution in [-0.4, -0.2) is 19.8 Å². The van der Waals surface area contributed by atoms with E-state index in [0.717, 1.165) is 22.6 Å². The molecule has 1 aromatic carbocycles. The fourth-order valence-corrected chi connectivity index (χ4v) is 1.24. The van der Waals surface area contributed by atoms with Gasteiger partial charge in [0.25, 0.3) is 0 Å². The third-order valence-corrected chi connectivity index (χ3v) is 2.44. The molecule has 0 bridgehead atoms. The number of aryl methyl sites for hydroxylation is 2. The number of nitrogens with two attached hydrogens (primary N) is 1. The van der Waals surface area contributed by atoms with E-state index >= 15 is 0 Å². The molecule has 2 N–H and O–H groups in total. The average molecular weight is 209 g/mol. The summed E-state index contributed by atoms with van der Waals surface area (Å²) in [6.07, 6.45) is 0.0993. The summed E-state index contributed by atoms with van der Waals surface area (Å²) in [7, 11) is 1.68. The van der Waals surface area contributed by atoms with Crippen molar-refractivity contribution >= 4 is 5.69 Å². The highest BCUT2D eigenvalue weighted by atomic mass is 16.5. The van der Waals surface area contributed by atoms with Crippen LogP contribution in [0.4, 0.5) is 5.69 Å². The Labute approximate surface area is 91.2 Å². The maximum atomic E-state index is 5.79. The molecule has 84 valence electrons. The summed E-state index contributed by atoms with van der Waals surface area (Å²) in [5.74, 6) is 0.880. The molecule has 0 saturated heterocycles. The second-order valence-electron chi connectivity index (χ2n) is 3.83. The van der Waals surface area contributed by atoms with Crippen molar-refractivity contribution in [1.29, 1.82) is 0 Å². The first kappa shape index (κ1) is 11.9. The van der Waals surface area contributed by atoms with E-state index in [9.17, 15) is 0 Å². The van der Waals surface area contributed by atoms with E-state index in [4.69, 9.17) is 15.2 Å². The molecule has 15 heavy (non-hydrogen) atoms. The van der Waals surface area contributed by atoms with Crippen LogP contribution >= 0.6 is 0 Å². The molecule has 0 aliphatic heterocycles. The van der Waals surface area contributed by atoms with E-state index in [0.29, 0.717) is 6.61 Å². The van der Waals surface area contributed by atoms with Crippen LogP contribution in [0, 0.1) is 13.8 Å². The smallest absolute Gasteiger partial charge is 0.122 e. The molecular weight excluding hydrogens is 190 g/mol. The first-order valence-electron chi connectivity index (χ1n) is 5.07.